The maximum atomic E-state index is 12.8. The normalized spacial score (nSPS) is 24.2. The summed E-state index contributed by atoms with van der Waals surface area (Å²) in [4.78, 5) is 5.60. The van der Waals surface area contributed by atoms with E-state index >= 15 is 0 Å². The molecule has 1 N–H and O–H groups in total. The summed E-state index contributed by atoms with van der Waals surface area (Å²) in [6.45, 7) is 5.58. The number of hydrogen-bond donors (Lipinski definition) is 1. The van der Waals surface area contributed by atoms with E-state index in [1.165, 1.54) is 49.9 Å². The Labute approximate surface area is 186 Å². The average molecular weight is 440 g/mol. The van der Waals surface area contributed by atoms with Gasteiger partial charge < -0.3 is 4.90 Å². The van der Waals surface area contributed by atoms with Crippen LogP contribution >= 0.6 is 0 Å². The minimum absolute atomic E-state index is 0.297. The molecule has 2 aliphatic heterocycles. The molecule has 0 bridgehead atoms. The SMILES string of the molecule is CCCN1c2ccc(NS(=O)(=O)c3ccccc3)cc2C2CN(C3CCCC3)CCC21. The minimum Gasteiger partial charge on any atom is -0.368 e. The number of hydrogen-bond acceptors (Lipinski definition) is 4. The van der Waals surface area contributed by atoms with Gasteiger partial charge in [-0.3, -0.25) is 9.62 Å². The number of rotatable bonds is 6. The third-order valence-corrected chi connectivity index (χ3v) is 8.75. The Morgan fingerprint density at radius 2 is 1.81 bits per heavy atom. The molecule has 1 saturated carbocycles. The van der Waals surface area contributed by atoms with E-state index in [2.05, 4.69) is 33.6 Å². The van der Waals surface area contributed by atoms with Crippen LogP contribution in [0.4, 0.5) is 11.4 Å². The number of fused-ring (bicyclic) bond motifs is 3. The van der Waals surface area contributed by atoms with E-state index in [4.69, 9.17) is 0 Å². The molecule has 2 unspecified atom stereocenters. The lowest BCUT2D eigenvalue weighted by Gasteiger charge is -2.41. The van der Waals surface area contributed by atoms with Gasteiger partial charge in [0.15, 0.2) is 0 Å². The quantitative estimate of drug-likeness (QED) is 0.701. The van der Waals surface area contributed by atoms with E-state index in [0.29, 0.717) is 22.5 Å². The molecule has 166 valence electrons. The second-order valence-corrected chi connectivity index (χ2v) is 11.0. The van der Waals surface area contributed by atoms with Crippen molar-refractivity contribution in [3.8, 4) is 0 Å². The topological polar surface area (TPSA) is 52.7 Å². The first kappa shape index (κ1) is 20.8. The molecule has 3 aliphatic rings. The first-order chi connectivity index (χ1) is 15.1. The van der Waals surface area contributed by atoms with Crippen LogP contribution in [0.15, 0.2) is 53.4 Å². The van der Waals surface area contributed by atoms with Gasteiger partial charge in [-0.25, -0.2) is 8.42 Å². The largest absolute Gasteiger partial charge is 0.368 e. The van der Waals surface area contributed by atoms with Crippen LogP contribution in [-0.2, 0) is 10.0 Å². The second kappa shape index (κ2) is 8.47. The molecule has 0 radical (unpaired) electrons. The molecule has 1 aliphatic carbocycles. The van der Waals surface area contributed by atoms with E-state index in [0.717, 1.165) is 25.6 Å². The fourth-order valence-electron chi connectivity index (χ4n) is 5.94. The highest BCUT2D eigenvalue weighted by Gasteiger charge is 2.43. The standard InChI is InChI=1S/C25H33N3O2S/c1-2-15-28-24-13-12-19(26-31(29,30)21-10-4-3-5-11-21)17-22(24)23-18-27(16-14-25(23)28)20-8-6-7-9-20/h3-5,10-13,17,20,23,25-26H,2,6-9,14-16,18H2,1H3. The predicted octanol–water partition coefficient (Wildman–Crippen LogP) is 4.82. The molecule has 0 spiro atoms. The van der Waals surface area contributed by atoms with E-state index in [-0.39, 0.29) is 0 Å². The zero-order chi connectivity index (χ0) is 21.4. The third kappa shape index (κ3) is 3.96. The van der Waals surface area contributed by atoms with Gasteiger partial charge in [0.25, 0.3) is 10.0 Å². The van der Waals surface area contributed by atoms with Crippen molar-refractivity contribution in [3.63, 3.8) is 0 Å². The van der Waals surface area contributed by atoms with E-state index in [1.807, 2.05) is 12.1 Å². The smallest absolute Gasteiger partial charge is 0.261 e. The summed E-state index contributed by atoms with van der Waals surface area (Å²) in [5.41, 5.74) is 3.28. The minimum atomic E-state index is -3.58. The zero-order valence-electron chi connectivity index (χ0n) is 18.3. The van der Waals surface area contributed by atoms with Crippen LogP contribution in [-0.4, -0.2) is 45.0 Å². The van der Waals surface area contributed by atoms with Crippen LogP contribution in [0.1, 0.15) is 56.9 Å². The van der Waals surface area contributed by atoms with E-state index in [9.17, 15) is 8.42 Å². The second-order valence-electron chi connectivity index (χ2n) is 9.28. The number of likely N-dealkylation sites (tertiary alicyclic amines) is 1. The summed E-state index contributed by atoms with van der Waals surface area (Å²) in [7, 11) is -3.58. The summed E-state index contributed by atoms with van der Waals surface area (Å²) in [6, 6.07) is 16.0. The van der Waals surface area contributed by atoms with Gasteiger partial charge in [0.2, 0.25) is 0 Å². The Morgan fingerprint density at radius 1 is 1.03 bits per heavy atom. The molecule has 2 aromatic carbocycles. The monoisotopic (exact) mass is 439 g/mol. The Hall–Kier alpha value is -2.05. The third-order valence-electron chi connectivity index (χ3n) is 7.36. The first-order valence-corrected chi connectivity index (χ1v) is 13.3. The van der Waals surface area contributed by atoms with Gasteiger partial charge in [-0.05, 0) is 61.6 Å². The highest BCUT2D eigenvalue weighted by Crippen LogP contribution is 2.46. The Kier molecular flexibility index (Phi) is 5.69. The lowest BCUT2D eigenvalue weighted by atomic mass is 9.88. The fraction of sp³-hybridized carbons (Fsp3) is 0.520. The van der Waals surface area contributed by atoms with Gasteiger partial charge in [-0.1, -0.05) is 38.0 Å². The lowest BCUT2D eigenvalue weighted by Crippen LogP contribution is -2.49. The number of nitrogens with one attached hydrogen (secondary N) is 1. The van der Waals surface area contributed by atoms with Crippen LogP contribution in [0.3, 0.4) is 0 Å². The number of sulfonamides is 1. The summed E-state index contributed by atoms with van der Waals surface area (Å²) in [5, 5.41) is 0. The van der Waals surface area contributed by atoms with Crippen molar-refractivity contribution in [3.05, 3.63) is 54.1 Å². The van der Waals surface area contributed by atoms with Gasteiger partial charge in [-0.15, -0.1) is 0 Å². The fourth-order valence-corrected chi connectivity index (χ4v) is 7.01. The number of anilines is 2. The van der Waals surface area contributed by atoms with Gasteiger partial charge in [0.05, 0.1) is 4.90 Å². The maximum Gasteiger partial charge on any atom is 0.261 e. The summed E-state index contributed by atoms with van der Waals surface area (Å²) >= 11 is 0. The van der Waals surface area contributed by atoms with Crippen molar-refractivity contribution in [1.29, 1.82) is 0 Å². The molecule has 1 saturated heterocycles. The van der Waals surface area contributed by atoms with Crippen LogP contribution in [0.2, 0.25) is 0 Å². The van der Waals surface area contributed by atoms with Gasteiger partial charge in [-0.2, -0.15) is 0 Å². The maximum absolute atomic E-state index is 12.8. The van der Waals surface area contributed by atoms with Crippen molar-refractivity contribution >= 4 is 21.4 Å². The highest BCUT2D eigenvalue weighted by molar-refractivity contribution is 7.92. The van der Waals surface area contributed by atoms with Crippen molar-refractivity contribution in [2.75, 3.05) is 29.3 Å². The highest BCUT2D eigenvalue weighted by atomic mass is 32.2. The number of benzene rings is 2. The average Bonchev–Trinajstić information content (AvgIpc) is 3.42. The van der Waals surface area contributed by atoms with Crippen LogP contribution in [0.5, 0.6) is 0 Å². The molecule has 5 rings (SSSR count). The van der Waals surface area contributed by atoms with Gasteiger partial charge in [0, 0.05) is 49.0 Å². The van der Waals surface area contributed by atoms with Crippen LogP contribution in [0, 0.1) is 0 Å². The van der Waals surface area contributed by atoms with E-state index in [1.54, 1.807) is 24.3 Å². The molecule has 2 atom stereocenters. The Balaban J connectivity index is 1.44. The Bertz CT molecular complexity index is 1020. The lowest BCUT2D eigenvalue weighted by molar-refractivity contribution is 0.140. The molecule has 2 fully saturated rings. The van der Waals surface area contributed by atoms with Crippen molar-refractivity contribution < 1.29 is 8.42 Å². The molecule has 0 amide bonds. The predicted molar refractivity (Wildman–Crippen MR) is 126 cm³/mol. The van der Waals surface area contributed by atoms with Gasteiger partial charge >= 0.3 is 0 Å². The Morgan fingerprint density at radius 3 is 2.55 bits per heavy atom. The zero-order valence-corrected chi connectivity index (χ0v) is 19.2. The molecular weight excluding hydrogens is 406 g/mol. The number of nitrogens with zero attached hydrogens (tertiary/aromatic N) is 2. The van der Waals surface area contributed by atoms with E-state index < -0.39 is 10.0 Å². The molecule has 6 heteroatoms. The van der Waals surface area contributed by atoms with Crippen molar-refractivity contribution in [1.82, 2.24) is 4.90 Å². The molecule has 2 heterocycles. The molecular formula is C25H33N3O2S. The molecule has 5 nitrogen and oxygen atoms in total. The van der Waals surface area contributed by atoms with Crippen LogP contribution in [0.25, 0.3) is 0 Å². The summed E-state index contributed by atoms with van der Waals surface area (Å²) < 4.78 is 28.5. The first-order valence-electron chi connectivity index (χ1n) is 11.8. The molecule has 0 aromatic heterocycles. The van der Waals surface area contributed by atoms with Crippen molar-refractivity contribution in [2.24, 2.45) is 0 Å². The summed E-state index contributed by atoms with van der Waals surface area (Å²) in [5.74, 6) is 0.456. The van der Waals surface area contributed by atoms with Crippen LogP contribution < -0.4 is 9.62 Å². The number of piperidine rings is 1. The van der Waals surface area contributed by atoms with Crippen molar-refractivity contribution in [2.45, 2.75) is 68.3 Å². The molecule has 2 aromatic rings. The summed E-state index contributed by atoms with van der Waals surface area (Å²) in [6.07, 6.45) is 7.70. The molecule has 31 heavy (non-hydrogen) atoms. The van der Waals surface area contributed by atoms with Gasteiger partial charge in [0.1, 0.15) is 0 Å².